The van der Waals surface area contributed by atoms with E-state index in [1.54, 1.807) is 22.3 Å². The van der Waals surface area contributed by atoms with Crippen LogP contribution in [0.2, 0.25) is 5.02 Å². The molecular weight excluding hydrogens is 375 g/mol. The topological polar surface area (TPSA) is 61.0 Å². The molecule has 0 bridgehead atoms. The normalized spacial score (nSPS) is 16.4. The minimum absolute atomic E-state index is 0.0217. The van der Waals surface area contributed by atoms with E-state index in [1.807, 2.05) is 24.4 Å². The zero-order valence-electron chi connectivity index (χ0n) is 13.9. The van der Waals surface area contributed by atoms with Gasteiger partial charge in [0.25, 0.3) is 0 Å². The lowest BCUT2D eigenvalue weighted by Crippen LogP contribution is -2.44. The van der Waals surface area contributed by atoms with E-state index in [0.29, 0.717) is 13.0 Å². The van der Waals surface area contributed by atoms with Crippen LogP contribution in [0.1, 0.15) is 18.2 Å². The summed E-state index contributed by atoms with van der Waals surface area (Å²) in [5, 5.41) is 12.1. The SMILES string of the molecule is CC1Cc2[nH]nc(-c3cccs3)c2CN1C(=O)Nc1cccc(Cl)c1F. The first-order valence-corrected chi connectivity index (χ1v) is 9.42. The Hall–Kier alpha value is -2.38. The first-order valence-electron chi connectivity index (χ1n) is 8.16. The molecule has 0 radical (unpaired) electrons. The number of anilines is 1. The number of carbonyl (C=O) groups excluding carboxylic acids is 1. The number of urea groups is 1. The number of carbonyl (C=O) groups is 1. The van der Waals surface area contributed by atoms with Crippen LogP contribution >= 0.6 is 22.9 Å². The number of aromatic amines is 1. The maximum atomic E-state index is 14.1. The molecule has 2 aromatic heterocycles. The van der Waals surface area contributed by atoms with Gasteiger partial charge in [-0.3, -0.25) is 5.10 Å². The Balaban J connectivity index is 1.59. The van der Waals surface area contributed by atoms with Crippen molar-refractivity contribution >= 4 is 34.7 Å². The predicted molar refractivity (Wildman–Crippen MR) is 101 cm³/mol. The Kier molecular flexibility index (Phi) is 4.42. The number of nitrogens with zero attached hydrogens (tertiary/aromatic N) is 2. The number of hydrogen-bond donors (Lipinski definition) is 2. The molecule has 2 N–H and O–H groups in total. The van der Waals surface area contributed by atoms with Gasteiger partial charge in [0, 0.05) is 23.7 Å². The van der Waals surface area contributed by atoms with Gasteiger partial charge in [-0.15, -0.1) is 11.3 Å². The van der Waals surface area contributed by atoms with Gasteiger partial charge in [0.2, 0.25) is 0 Å². The molecule has 2 amide bonds. The summed E-state index contributed by atoms with van der Waals surface area (Å²) in [5.74, 6) is -0.629. The van der Waals surface area contributed by atoms with E-state index >= 15 is 0 Å². The van der Waals surface area contributed by atoms with Crippen molar-refractivity contribution in [1.29, 1.82) is 0 Å². The lowest BCUT2D eigenvalue weighted by atomic mass is 9.99. The minimum atomic E-state index is -0.629. The van der Waals surface area contributed by atoms with Crippen molar-refractivity contribution in [3.63, 3.8) is 0 Å². The van der Waals surface area contributed by atoms with Gasteiger partial charge in [-0.2, -0.15) is 5.10 Å². The molecule has 4 rings (SSSR count). The van der Waals surface area contributed by atoms with Crippen LogP contribution in [-0.4, -0.2) is 27.2 Å². The van der Waals surface area contributed by atoms with E-state index in [-0.39, 0.29) is 22.8 Å². The van der Waals surface area contributed by atoms with Crippen molar-refractivity contribution in [3.05, 3.63) is 57.8 Å². The fourth-order valence-electron chi connectivity index (χ4n) is 3.15. The quantitative estimate of drug-likeness (QED) is 0.653. The Morgan fingerprint density at radius 1 is 1.42 bits per heavy atom. The van der Waals surface area contributed by atoms with E-state index < -0.39 is 5.82 Å². The maximum Gasteiger partial charge on any atom is 0.322 e. The molecule has 1 aliphatic heterocycles. The van der Waals surface area contributed by atoms with Crippen molar-refractivity contribution in [1.82, 2.24) is 15.1 Å². The Morgan fingerprint density at radius 2 is 2.27 bits per heavy atom. The van der Waals surface area contributed by atoms with Crippen LogP contribution in [0.5, 0.6) is 0 Å². The standard InChI is InChI=1S/C18H16ClFN4OS/c1-10-8-14-11(17(23-22-14)15-6-3-7-26-15)9-24(10)18(25)21-13-5-2-4-12(19)16(13)20/h2-7,10H,8-9H2,1H3,(H,21,25)(H,22,23). The number of fused-ring (bicyclic) bond motifs is 1. The molecule has 1 aromatic carbocycles. The number of nitrogens with one attached hydrogen (secondary N) is 2. The predicted octanol–water partition coefficient (Wildman–Crippen LogP) is 4.91. The van der Waals surface area contributed by atoms with Crippen molar-refractivity contribution in [2.24, 2.45) is 0 Å². The maximum absolute atomic E-state index is 14.1. The van der Waals surface area contributed by atoms with Gasteiger partial charge in [-0.05, 0) is 30.5 Å². The second kappa shape index (κ2) is 6.74. The average molecular weight is 391 g/mol. The molecule has 1 aliphatic rings. The lowest BCUT2D eigenvalue weighted by molar-refractivity contribution is 0.182. The highest BCUT2D eigenvalue weighted by atomic mass is 35.5. The third-order valence-electron chi connectivity index (χ3n) is 4.52. The molecule has 3 aromatic rings. The van der Waals surface area contributed by atoms with Gasteiger partial charge in [0.1, 0.15) is 5.69 Å². The average Bonchev–Trinajstić information content (AvgIpc) is 3.27. The highest BCUT2D eigenvalue weighted by Crippen LogP contribution is 2.33. The zero-order valence-corrected chi connectivity index (χ0v) is 15.5. The summed E-state index contributed by atoms with van der Waals surface area (Å²) < 4.78 is 14.1. The summed E-state index contributed by atoms with van der Waals surface area (Å²) in [6, 6.07) is 8.12. The number of rotatable bonds is 2. The van der Waals surface area contributed by atoms with E-state index in [4.69, 9.17) is 11.6 Å². The molecule has 8 heteroatoms. The van der Waals surface area contributed by atoms with Gasteiger partial charge in [-0.25, -0.2) is 9.18 Å². The molecule has 5 nitrogen and oxygen atoms in total. The number of hydrogen-bond acceptors (Lipinski definition) is 3. The Bertz CT molecular complexity index is 956. The van der Waals surface area contributed by atoms with Gasteiger partial charge in [-0.1, -0.05) is 23.7 Å². The summed E-state index contributed by atoms with van der Waals surface area (Å²) in [6.45, 7) is 2.37. The monoisotopic (exact) mass is 390 g/mol. The first kappa shape index (κ1) is 17.1. The van der Waals surface area contributed by atoms with Crippen LogP contribution in [0.3, 0.4) is 0 Å². The van der Waals surface area contributed by atoms with E-state index in [1.165, 1.54) is 12.1 Å². The number of aromatic nitrogens is 2. The van der Waals surface area contributed by atoms with Crippen molar-refractivity contribution in [2.45, 2.75) is 25.9 Å². The molecule has 0 saturated carbocycles. The van der Waals surface area contributed by atoms with Crippen LogP contribution in [0.25, 0.3) is 10.6 Å². The molecule has 0 spiro atoms. The van der Waals surface area contributed by atoms with Crippen LogP contribution < -0.4 is 5.32 Å². The Labute approximate surface area is 158 Å². The van der Waals surface area contributed by atoms with Gasteiger partial charge in [0.05, 0.1) is 22.1 Å². The molecule has 26 heavy (non-hydrogen) atoms. The van der Waals surface area contributed by atoms with Crippen molar-refractivity contribution in [3.8, 4) is 10.6 Å². The molecule has 3 heterocycles. The second-order valence-corrected chi connectivity index (χ2v) is 7.57. The molecular formula is C18H16ClFN4OS. The Morgan fingerprint density at radius 3 is 3.04 bits per heavy atom. The van der Waals surface area contributed by atoms with E-state index in [9.17, 15) is 9.18 Å². The number of thiophene rings is 1. The fraction of sp³-hybridized carbons (Fsp3) is 0.222. The summed E-state index contributed by atoms with van der Waals surface area (Å²) >= 11 is 7.39. The van der Waals surface area contributed by atoms with E-state index in [2.05, 4.69) is 15.5 Å². The van der Waals surface area contributed by atoms with Gasteiger partial charge < -0.3 is 10.2 Å². The highest BCUT2D eigenvalue weighted by molar-refractivity contribution is 7.13. The lowest BCUT2D eigenvalue weighted by Gasteiger charge is -2.33. The molecule has 0 saturated heterocycles. The summed E-state index contributed by atoms with van der Waals surface area (Å²) in [6.07, 6.45) is 0.666. The summed E-state index contributed by atoms with van der Waals surface area (Å²) in [7, 11) is 0. The molecule has 0 aliphatic carbocycles. The zero-order chi connectivity index (χ0) is 18.3. The van der Waals surface area contributed by atoms with Crippen molar-refractivity contribution < 1.29 is 9.18 Å². The third-order valence-corrected chi connectivity index (χ3v) is 5.69. The number of benzene rings is 1. The van der Waals surface area contributed by atoms with Crippen LogP contribution in [0, 0.1) is 5.82 Å². The largest absolute Gasteiger partial charge is 0.322 e. The van der Waals surface area contributed by atoms with Crippen LogP contribution in [0.4, 0.5) is 14.9 Å². The van der Waals surface area contributed by atoms with Crippen molar-refractivity contribution in [2.75, 3.05) is 5.32 Å². The molecule has 1 unspecified atom stereocenters. The molecule has 0 fully saturated rings. The number of amides is 2. The third kappa shape index (κ3) is 2.97. The first-order chi connectivity index (χ1) is 12.5. The fourth-order valence-corrected chi connectivity index (χ4v) is 4.06. The molecule has 134 valence electrons. The highest BCUT2D eigenvalue weighted by Gasteiger charge is 2.31. The number of halogens is 2. The van der Waals surface area contributed by atoms with Crippen LogP contribution in [0.15, 0.2) is 35.7 Å². The number of H-pyrrole nitrogens is 1. The second-order valence-electron chi connectivity index (χ2n) is 6.22. The van der Waals surface area contributed by atoms with Gasteiger partial charge >= 0.3 is 6.03 Å². The van der Waals surface area contributed by atoms with Crippen LogP contribution in [-0.2, 0) is 13.0 Å². The molecule has 1 atom stereocenters. The summed E-state index contributed by atoms with van der Waals surface area (Å²) in [5.41, 5.74) is 2.99. The van der Waals surface area contributed by atoms with Gasteiger partial charge in [0.15, 0.2) is 5.82 Å². The smallest absolute Gasteiger partial charge is 0.317 e. The minimum Gasteiger partial charge on any atom is -0.317 e. The van der Waals surface area contributed by atoms with E-state index in [0.717, 1.165) is 21.8 Å². The summed E-state index contributed by atoms with van der Waals surface area (Å²) in [4.78, 5) is 15.5.